The second-order valence-corrected chi connectivity index (χ2v) is 4.77. The Morgan fingerprint density at radius 1 is 1.47 bits per heavy atom. The van der Waals surface area contributed by atoms with E-state index in [1.165, 1.54) is 0 Å². The minimum Gasteiger partial charge on any atom is -0.493 e. The van der Waals surface area contributed by atoms with Crippen molar-refractivity contribution >= 4 is 0 Å². The van der Waals surface area contributed by atoms with E-state index in [-0.39, 0.29) is 6.04 Å². The number of methoxy groups -OCH3 is 2. The third-order valence-electron chi connectivity index (χ3n) is 3.97. The molecule has 0 radical (unpaired) electrons. The highest BCUT2D eigenvalue weighted by Gasteiger charge is 2.42. The molecule has 2 heterocycles. The molecule has 2 N–H and O–H groups in total. The molecule has 1 fully saturated rings. The molecule has 0 spiro atoms. The van der Waals surface area contributed by atoms with Crippen molar-refractivity contribution in [3.63, 3.8) is 0 Å². The van der Waals surface area contributed by atoms with E-state index in [4.69, 9.17) is 19.9 Å². The van der Waals surface area contributed by atoms with Crippen molar-refractivity contribution in [2.24, 2.45) is 5.73 Å². The number of ether oxygens (including phenoxy) is 3. The first-order chi connectivity index (χ1) is 9.18. The van der Waals surface area contributed by atoms with Crippen LogP contribution in [0, 0.1) is 0 Å². The Hall–Kier alpha value is -1.11. The summed E-state index contributed by atoms with van der Waals surface area (Å²) >= 11 is 0. The van der Waals surface area contributed by atoms with Gasteiger partial charge in [-0.05, 0) is 6.92 Å². The van der Waals surface area contributed by atoms with Crippen LogP contribution < -0.4 is 10.5 Å². The van der Waals surface area contributed by atoms with Crippen LogP contribution in [0.4, 0.5) is 0 Å². The summed E-state index contributed by atoms with van der Waals surface area (Å²) in [5, 5.41) is 4.31. The summed E-state index contributed by atoms with van der Waals surface area (Å²) in [4.78, 5) is 0. The Morgan fingerprint density at radius 3 is 2.68 bits per heavy atom. The van der Waals surface area contributed by atoms with Gasteiger partial charge in [-0.1, -0.05) is 0 Å². The molecule has 1 atom stereocenters. The number of aryl methyl sites for hydroxylation is 1. The maximum Gasteiger partial charge on any atom is 0.161 e. The molecule has 1 aromatic heterocycles. The van der Waals surface area contributed by atoms with Gasteiger partial charge in [0.1, 0.15) is 0 Å². The van der Waals surface area contributed by atoms with E-state index < -0.39 is 5.60 Å². The average Bonchev–Trinajstić information content (AvgIpc) is 2.89. The maximum atomic E-state index is 6.49. The molecule has 1 aliphatic rings. The van der Waals surface area contributed by atoms with Crippen LogP contribution in [0.3, 0.4) is 0 Å². The third-order valence-corrected chi connectivity index (χ3v) is 3.97. The van der Waals surface area contributed by atoms with Crippen LogP contribution in [0.5, 0.6) is 5.75 Å². The fourth-order valence-corrected chi connectivity index (χ4v) is 2.71. The van der Waals surface area contributed by atoms with E-state index in [9.17, 15) is 0 Å². The molecule has 1 saturated heterocycles. The molecule has 0 saturated carbocycles. The lowest BCUT2D eigenvalue weighted by Crippen LogP contribution is -2.48. The summed E-state index contributed by atoms with van der Waals surface area (Å²) in [6.07, 6.45) is 3.27. The van der Waals surface area contributed by atoms with Crippen molar-refractivity contribution in [1.29, 1.82) is 0 Å². The molecule has 19 heavy (non-hydrogen) atoms. The fraction of sp³-hybridized carbons (Fsp3) is 0.769. The summed E-state index contributed by atoms with van der Waals surface area (Å²) in [6, 6.07) is -0.279. The van der Waals surface area contributed by atoms with E-state index >= 15 is 0 Å². The summed E-state index contributed by atoms with van der Waals surface area (Å²) in [5.74, 6) is 0.720. The summed E-state index contributed by atoms with van der Waals surface area (Å²) in [5.41, 5.74) is 6.98. The van der Waals surface area contributed by atoms with Crippen LogP contribution in [-0.4, -0.2) is 42.8 Å². The van der Waals surface area contributed by atoms with Crippen LogP contribution in [-0.2, 0) is 16.0 Å². The van der Waals surface area contributed by atoms with Gasteiger partial charge in [-0.3, -0.25) is 4.68 Å². The van der Waals surface area contributed by atoms with Crippen molar-refractivity contribution in [1.82, 2.24) is 9.78 Å². The second kappa shape index (κ2) is 5.90. The van der Waals surface area contributed by atoms with Crippen molar-refractivity contribution in [2.45, 2.75) is 38.0 Å². The number of nitrogens with two attached hydrogens (primary N) is 1. The quantitative estimate of drug-likeness (QED) is 0.867. The molecular formula is C13H23N3O3. The number of nitrogens with zero attached hydrogens (tertiary/aromatic N) is 2. The third kappa shape index (κ3) is 2.48. The van der Waals surface area contributed by atoms with Gasteiger partial charge in [0.15, 0.2) is 5.75 Å². The van der Waals surface area contributed by atoms with E-state index in [0.717, 1.165) is 30.8 Å². The minimum absolute atomic E-state index is 0.279. The SMILES string of the molecule is CCn1ncc(OC)c1C(N)C1(OC)CCOCC1. The molecule has 6 nitrogen and oxygen atoms in total. The van der Waals surface area contributed by atoms with Crippen molar-refractivity contribution < 1.29 is 14.2 Å². The molecule has 1 aromatic rings. The zero-order valence-corrected chi connectivity index (χ0v) is 11.9. The molecule has 0 amide bonds. The molecule has 6 heteroatoms. The molecule has 108 valence electrons. The fourth-order valence-electron chi connectivity index (χ4n) is 2.71. The minimum atomic E-state index is -0.404. The first kappa shape index (κ1) is 14.3. The zero-order valence-electron chi connectivity index (χ0n) is 11.9. The first-order valence-electron chi connectivity index (χ1n) is 6.66. The Labute approximate surface area is 113 Å². The lowest BCUT2D eigenvalue weighted by Gasteiger charge is -2.40. The van der Waals surface area contributed by atoms with Crippen LogP contribution in [0.25, 0.3) is 0 Å². The lowest BCUT2D eigenvalue weighted by molar-refractivity contribution is -0.106. The molecular weight excluding hydrogens is 246 g/mol. The van der Waals surface area contributed by atoms with Gasteiger partial charge < -0.3 is 19.9 Å². The number of hydrogen-bond donors (Lipinski definition) is 1. The van der Waals surface area contributed by atoms with Crippen molar-refractivity contribution in [3.05, 3.63) is 11.9 Å². The smallest absolute Gasteiger partial charge is 0.161 e. The highest BCUT2D eigenvalue weighted by molar-refractivity contribution is 5.30. The average molecular weight is 269 g/mol. The van der Waals surface area contributed by atoms with Gasteiger partial charge in [0.25, 0.3) is 0 Å². The summed E-state index contributed by atoms with van der Waals surface area (Å²) in [7, 11) is 3.35. The van der Waals surface area contributed by atoms with Crippen LogP contribution in [0.2, 0.25) is 0 Å². The highest BCUT2D eigenvalue weighted by Crippen LogP contribution is 2.38. The van der Waals surface area contributed by atoms with Gasteiger partial charge in [-0.25, -0.2) is 0 Å². The van der Waals surface area contributed by atoms with Crippen molar-refractivity contribution in [2.75, 3.05) is 27.4 Å². The standard InChI is InChI=1S/C13H23N3O3/c1-4-16-11(10(17-2)9-15-16)12(14)13(18-3)5-7-19-8-6-13/h9,12H,4-8,14H2,1-3H3. The predicted molar refractivity (Wildman–Crippen MR) is 71.2 cm³/mol. The largest absolute Gasteiger partial charge is 0.493 e. The predicted octanol–water partition coefficient (Wildman–Crippen LogP) is 1.11. The maximum absolute atomic E-state index is 6.49. The Balaban J connectivity index is 2.35. The second-order valence-electron chi connectivity index (χ2n) is 4.77. The van der Waals surface area contributed by atoms with Gasteiger partial charge in [0, 0.05) is 39.7 Å². The van der Waals surface area contributed by atoms with E-state index in [1.54, 1.807) is 20.4 Å². The van der Waals surface area contributed by atoms with E-state index in [2.05, 4.69) is 5.10 Å². The van der Waals surface area contributed by atoms with Gasteiger partial charge in [-0.15, -0.1) is 0 Å². The Kier molecular flexibility index (Phi) is 4.44. The molecule has 1 unspecified atom stereocenters. The van der Waals surface area contributed by atoms with Gasteiger partial charge in [0.2, 0.25) is 0 Å². The monoisotopic (exact) mass is 269 g/mol. The Bertz CT molecular complexity index is 392. The number of hydrogen-bond acceptors (Lipinski definition) is 5. The molecule has 0 aromatic carbocycles. The molecule has 1 aliphatic heterocycles. The van der Waals surface area contributed by atoms with Gasteiger partial charge in [-0.2, -0.15) is 5.10 Å². The topological polar surface area (TPSA) is 71.5 Å². The first-order valence-corrected chi connectivity index (χ1v) is 6.66. The van der Waals surface area contributed by atoms with Crippen LogP contribution in [0.15, 0.2) is 6.20 Å². The normalized spacial score (nSPS) is 20.2. The number of rotatable bonds is 5. The molecule has 2 rings (SSSR count). The van der Waals surface area contributed by atoms with E-state index in [1.807, 2.05) is 11.6 Å². The van der Waals surface area contributed by atoms with Crippen LogP contribution >= 0.6 is 0 Å². The van der Waals surface area contributed by atoms with Crippen molar-refractivity contribution in [3.8, 4) is 5.75 Å². The van der Waals surface area contributed by atoms with Gasteiger partial charge >= 0.3 is 0 Å². The summed E-state index contributed by atoms with van der Waals surface area (Å²) < 4.78 is 18.4. The Morgan fingerprint density at radius 2 is 2.16 bits per heavy atom. The number of aromatic nitrogens is 2. The molecule has 0 bridgehead atoms. The molecule has 0 aliphatic carbocycles. The summed E-state index contributed by atoms with van der Waals surface area (Å²) in [6.45, 7) is 4.13. The van der Waals surface area contributed by atoms with Crippen LogP contribution in [0.1, 0.15) is 31.5 Å². The lowest BCUT2D eigenvalue weighted by atomic mass is 9.84. The van der Waals surface area contributed by atoms with E-state index in [0.29, 0.717) is 13.2 Å². The van der Waals surface area contributed by atoms with Gasteiger partial charge in [0.05, 0.1) is 30.6 Å². The highest BCUT2D eigenvalue weighted by atomic mass is 16.5. The zero-order chi connectivity index (χ0) is 13.9.